The molecule has 0 bridgehead atoms. The molecule has 1 heterocycles. The average molecular weight is 429 g/mol. The van der Waals surface area contributed by atoms with E-state index < -0.39 is 0 Å². The van der Waals surface area contributed by atoms with E-state index in [1.165, 1.54) is 12.1 Å². The highest BCUT2D eigenvalue weighted by Gasteiger charge is 2.09. The second kappa shape index (κ2) is 9.70. The lowest BCUT2D eigenvalue weighted by atomic mass is 10.1. The topological polar surface area (TPSA) is 73.3 Å². The van der Waals surface area contributed by atoms with Gasteiger partial charge in [-0.3, -0.25) is 4.79 Å². The molecule has 0 atom stereocenters. The van der Waals surface area contributed by atoms with Crippen LogP contribution in [0, 0.1) is 5.82 Å². The van der Waals surface area contributed by atoms with Crippen LogP contribution in [0.15, 0.2) is 85.2 Å². The maximum absolute atomic E-state index is 13.0. The van der Waals surface area contributed by atoms with Crippen molar-refractivity contribution in [2.75, 3.05) is 7.11 Å². The average Bonchev–Trinajstić information content (AvgIpc) is 2.84. The fourth-order valence-corrected chi connectivity index (χ4v) is 2.99. The lowest BCUT2D eigenvalue weighted by molar-refractivity contribution is 0.0951. The minimum Gasteiger partial charge on any atom is -0.497 e. The number of nitrogens with one attached hydrogen (secondary N) is 1. The molecule has 1 N–H and O–H groups in total. The molecule has 32 heavy (non-hydrogen) atoms. The van der Waals surface area contributed by atoms with Crippen LogP contribution in [0.3, 0.4) is 0 Å². The Morgan fingerprint density at radius 3 is 2.28 bits per heavy atom. The van der Waals surface area contributed by atoms with Crippen LogP contribution in [0.2, 0.25) is 0 Å². The van der Waals surface area contributed by atoms with E-state index in [0.29, 0.717) is 17.9 Å². The molecule has 7 heteroatoms. The first-order valence-electron chi connectivity index (χ1n) is 9.88. The maximum Gasteiger partial charge on any atom is 0.321 e. The zero-order chi connectivity index (χ0) is 22.3. The van der Waals surface area contributed by atoms with Crippen LogP contribution >= 0.6 is 0 Å². The summed E-state index contributed by atoms with van der Waals surface area (Å²) in [7, 11) is 1.60. The first kappa shape index (κ1) is 21.0. The minimum absolute atomic E-state index is 0.215. The van der Waals surface area contributed by atoms with Crippen LogP contribution in [0.1, 0.15) is 15.9 Å². The Morgan fingerprint density at radius 2 is 1.59 bits per heavy atom. The molecule has 3 aromatic carbocycles. The van der Waals surface area contributed by atoms with E-state index in [4.69, 9.17) is 9.47 Å². The molecular formula is C25H20FN3O3. The van der Waals surface area contributed by atoms with Crippen molar-refractivity contribution in [3.63, 3.8) is 0 Å². The third-order valence-electron chi connectivity index (χ3n) is 4.72. The number of amides is 1. The molecule has 0 unspecified atom stereocenters. The molecule has 0 fully saturated rings. The van der Waals surface area contributed by atoms with E-state index in [0.717, 1.165) is 22.4 Å². The Labute approximate surface area is 184 Å². The summed E-state index contributed by atoms with van der Waals surface area (Å²) in [5.74, 6) is 0.792. The zero-order valence-corrected chi connectivity index (χ0v) is 17.3. The van der Waals surface area contributed by atoms with Crippen molar-refractivity contribution in [3.8, 4) is 28.6 Å². The molecular weight excluding hydrogens is 409 g/mol. The molecule has 1 aromatic heterocycles. The number of rotatable bonds is 7. The van der Waals surface area contributed by atoms with Crippen molar-refractivity contribution in [2.45, 2.75) is 6.54 Å². The van der Waals surface area contributed by atoms with E-state index in [2.05, 4.69) is 15.3 Å². The van der Waals surface area contributed by atoms with Gasteiger partial charge in [-0.25, -0.2) is 14.4 Å². The van der Waals surface area contributed by atoms with Crippen LogP contribution in [-0.4, -0.2) is 23.0 Å². The zero-order valence-electron chi connectivity index (χ0n) is 17.3. The molecule has 0 saturated heterocycles. The van der Waals surface area contributed by atoms with Crippen LogP contribution in [0.4, 0.5) is 4.39 Å². The predicted molar refractivity (Wildman–Crippen MR) is 118 cm³/mol. The Morgan fingerprint density at radius 1 is 0.906 bits per heavy atom. The predicted octanol–water partition coefficient (Wildman–Crippen LogP) is 5.01. The van der Waals surface area contributed by atoms with E-state index in [-0.39, 0.29) is 17.7 Å². The van der Waals surface area contributed by atoms with Crippen LogP contribution in [0.5, 0.6) is 17.5 Å². The van der Waals surface area contributed by atoms with E-state index in [1.807, 2.05) is 6.07 Å². The van der Waals surface area contributed by atoms with Gasteiger partial charge in [-0.15, -0.1) is 0 Å². The van der Waals surface area contributed by atoms with Crippen LogP contribution in [-0.2, 0) is 6.54 Å². The van der Waals surface area contributed by atoms with Crippen molar-refractivity contribution < 1.29 is 18.7 Å². The number of carbonyl (C=O) groups excluding carboxylic acids is 1. The van der Waals surface area contributed by atoms with Gasteiger partial charge in [0, 0.05) is 30.1 Å². The summed E-state index contributed by atoms with van der Waals surface area (Å²) in [5.41, 5.74) is 2.87. The van der Waals surface area contributed by atoms with Crippen molar-refractivity contribution in [1.29, 1.82) is 0 Å². The molecule has 1 amide bonds. The lowest BCUT2D eigenvalue weighted by Gasteiger charge is -2.08. The van der Waals surface area contributed by atoms with Gasteiger partial charge in [0.1, 0.15) is 17.3 Å². The molecule has 0 aliphatic carbocycles. The third kappa shape index (κ3) is 5.26. The standard InChI is InChI=1S/C25H20FN3O3/c1-31-22-9-11-23(12-10-22)32-25-28-15-20(16-29-25)18-3-2-4-19(13-18)24(30)27-14-17-5-7-21(26)8-6-17/h2-13,15-16H,14H2,1H3,(H,27,30). The van der Waals surface area contributed by atoms with Gasteiger partial charge in [-0.1, -0.05) is 24.3 Å². The molecule has 0 aliphatic heterocycles. The molecule has 4 rings (SSSR count). The SMILES string of the molecule is COc1ccc(Oc2ncc(-c3cccc(C(=O)NCc4ccc(F)cc4)c3)cn2)cc1. The van der Waals surface area contributed by atoms with Crippen molar-refractivity contribution in [2.24, 2.45) is 0 Å². The van der Waals surface area contributed by atoms with Crippen molar-refractivity contribution >= 4 is 5.91 Å². The van der Waals surface area contributed by atoms with Gasteiger partial charge in [0.2, 0.25) is 0 Å². The smallest absolute Gasteiger partial charge is 0.321 e. The van der Waals surface area contributed by atoms with E-state index >= 15 is 0 Å². The van der Waals surface area contributed by atoms with Gasteiger partial charge in [-0.05, 0) is 59.7 Å². The molecule has 160 valence electrons. The summed E-state index contributed by atoms with van der Waals surface area (Å²) in [6.07, 6.45) is 3.28. The second-order valence-corrected chi connectivity index (χ2v) is 6.92. The normalized spacial score (nSPS) is 10.4. The fourth-order valence-electron chi connectivity index (χ4n) is 2.99. The number of hydrogen-bond acceptors (Lipinski definition) is 5. The van der Waals surface area contributed by atoms with Crippen LogP contribution in [0.25, 0.3) is 11.1 Å². The summed E-state index contributed by atoms with van der Waals surface area (Å²) in [6.45, 7) is 0.309. The number of carbonyl (C=O) groups is 1. The highest BCUT2D eigenvalue weighted by atomic mass is 19.1. The van der Waals surface area contributed by atoms with Gasteiger partial charge >= 0.3 is 6.01 Å². The quantitative estimate of drug-likeness (QED) is 0.447. The van der Waals surface area contributed by atoms with Crippen molar-refractivity contribution in [1.82, 2.24) is 15.3 Å². The summed E-state index contributed by atoms with van der Waals surface area (Å²) in [6, 6.07) is 20.5. The van der Waals surface area contributed by atoms with E-state index in [9.17, 15) is 9.18 Å². The molecule has 0 radical (unpaired) electrons. The lowest BCUT2D eigenvalue weighted by Crippen LogP contribution is -2.22. The minimum atomic E-state index is -0.310. The largest absolute Gasteiger partial charge is 0.497 e. The Balaban J connectivity index is 1.41. The van der Waals surface area contributed by atoms with Gasteiger partial charge in [0.05, 0.1) is 7.11 Å². The third-order valence-corrected chi connectivity index (χ3v) is 4.72. The highest BCUT2D eigenvalue weighted by molar-refractivity contribution is 5.95. The first-order valence-corrected chi connectivity index (χ1v) is 9.88. The van der Waals surface area contributed by atoms with Gasteiger partial charge < -0.3 is 14.8 Å². The number of aromatic nitrogens is 2. The van der Waals surface area contributed by atoms with Gasteiger partial charge in [0.15, 0.2) is 0 Å². The van der Waals surface area contributed by atoms with Gasteiger partial charge in [0.25, 0.3) is 5.91 Å². The van der Waals surface area contributed by atoms with Crippen LogP contribution < -0.4 is 14.8 Å². The number of nitrogens with zero attached hydrogens (tertiary/aromatic N) is 2. The summed E-state index contributed by atoms with van der Waals surface area (Å²) >= 11 is 0. The molecule has 0 aliphatic rings. The number of benzene rings is 3. The number of methoxy groups -OCH3 is 1. The maximum atomic E-state index is 13.0. The number of halogens is 1. The summed E-state index contributed by atoms with van der Waals surface area (Å²) in [4.78, 5) is 21.0. The number of ether oxygens (including phenoxy) is 2. The molecule has 4 aromatic rings. The first-order chi connectivity index (χ1) is 15.6. The second-order valence-electron chi connectivity index (χ2n) is 6.92. The molecule has 6 nitrogen and oxygen atoms in total. The molecule has 0 spiro atoms. The Bertz CT molecular complexity index is 1190. The van der Waals surface area contributed by atoms with E-state index in [1.54, 1.807) is 74.1 Å². The Kier molecular flexibility index (Phi) is 6.36. The fraction of sp³-hybridized carbons (Fsp3) is 0.0800. The van der Waals surface area contributed by atoms with Crippen molar-refractivity contribution in [3.05, 3.63) is 102 Å². The van der Waals surface area contributed by atoms with Gasteiger partial charge in [-0.2, -0.15) is 0 Å². The monoisotopic (exact) mass is 429 g/mol. The molecule has 0 saturated carbocycles. The summed E-state index contributed by atoms with van der Waals surface area (Å²) < 4.78 is 23.8. The number of hydrogen-bond donors (Lipinski definition) is 1. The Hall–Kier alpha value is -4.26. The summed E-state index contributed by atoms with van der Waals surface area (Å²) in [5, 5.41) is 2.84. The highest BCUT2D eigenvalue weighted by Crippen LogP contribution is 2.23.